The Morgan fingerprint density at radius 3 is 2.00 bits per heavy atom. The van der Waals surface area contributed by atoms with Crippen LogP contribution in [0.4, 0.5) is 0 Å². The van der Waals surface area contributed by atoms with Crippen LogP contribution in [0.1, 0.15) is 59.8 Å². The maximum atomic E-state index is 11.5. The lowest BCUT2D eigenvalue weighted by atomic mass is 10.1. The predicted octanol–water partition coefficient (Wildman–Crippen LogP) is 2.48. The van der Waals surface area contributed by atoms with E-state index in [9.17, 15) is 9.59 Å². The van der Waals surface area contributed by atoms with Crippen molar-refractivity contribution < 1.29 is 9.59 Å². The van der Waals surface area contributed by atoms with Crippen LogP contribution in [0, 0.1) is 11.8 Å². The number of carbonyl (C=O) groups is 2. The second-order valence-electron chi connectivity index (χ2n) is 5.94. The molecule has 0 aromatic heterocycles. The molecule has 4 heteroatoms. The molecule has 0 heterocycles. The molecule has 0 aromatic carbocycles. The molecule has 0 rings (SSSR count). The molecule has 4 nitrogen and oxygen atoms in total. The summed E-state index contributed by atoms with van der Waals surface area (Å²) in [5.41, 5.74) is 0. The Morgan fingerprint density at radius 1 is 0.842 bits per heavy atom. The molecule has 0 unspecified atom stereocenters. The summed E-state index contributed by atoms with van der Waals surface area (Å²) in [4.78, 5) is 22.8. The molecule has 0 radical (unpaired) electrons. The van der Waals surface area contributed by atoms with E-state index >= 15 is 0 Å². The number of nitrogens with one attached hydrogen (secondary N) is 2. The summed E-state index contributed by atoms with van der Waals surface area (Å²) in [5.74, 6) is 1.23. The van der Waals surface area contributed by atoms with E-state index in [0.717, 1.165) is 19.4 Å². The fourth-order valence-electron chi connectivity index (χ4n) is 1.75. The van der Waals surface area contributed by atoms with Crippen LogP contribution in [0.15, 0.2) is 0 Å². The first kappa shape index (κ1) is 17.9. The van der Waals surface area contributed by atoms with Crippen LogP contribution in [0.5, 0.6) is 0 Å². The van der Waals surface area contributed by atoms with Crippen LogP contribution >= 0.6 is 0 Å². The van der Waals surface area contributed by atoms with Crippen molar-refractivity contribution in [1.29, 1.82) is 0 Å². The summed E-state index contributed by atoms with van der Waals surface area (Å²) in [5, 5.41) is 5.74. The lowest BCUT2D eigenvalue weighted by Gasteiger charge is -2.08. The van der Waals surface area contributed by atoms with Crippen LogP contribution in [-0.2, 0) is 9.59 Å². The second-order valence-corrected chi connectivity index (χ2v) is 5.94. The normalized spacial score (nSPS) is 10.8. The van der Waals surface area contributed by atoms with Crippen molar-refractivity contribution in [3.05, 3.63) is 0 Å². The Hall–Kier alpha value is -1.06. The molecular weight excluding hydrogens is 240 g/mol. The van der Waals surface area contributed by atoms with Gasteiger partial charge in [0.2, 0.25) is 11.8 Å². The standard InChI is InChI=1S/C15H30N2O2/c1-12(2)7-5-9-16-14(18)8-6-10-17-15(19)11-13(3)4/h12-13H,5-11H2,1-4H3,(H,16,18)(H,17,19). The quantitative estimate of drug-likeness (QED) is 0.599. The van der Waals surface area contributed by atoms with Crippen molar-refractivity contribution in [3.63, 3.8) is 0 Å². The fraction of sp³-hybridized carbons (Fsp3) is 0.867. The summed E-state index contributed by atoms with van der Waals surface area (Å²) < 4.78 is 0. The lowest BCUT2D eigenvalue weighted by molar-refractivity contribution is -0.123. The smallest absolute Gasteiger partial charge is 0.220 e. The van der Waals surface area contributed by atoms with E-state index in [1.807, 2.05) is 13.8 Å². The Labute approximate surface area is 117 Å². The average molecular weight is 270 g/mol. The van der Waals surface area contributed by atoms with Gasteiger partial charge in [0, 0.05) is 25.9 Å². The number of rotatable bonds is 10. The zero-order valence-corrected chi connectivity index (χ0v) is 12.9. The Morgan fingerprint density at radius 2 is 1.42 bits per heavy atom. The van der Waals surface area contributed by atoms with Crippen LogP contribution < -0.4 is 10.6 Å². The minimum atomic E-state index is 0.0762. The number of amides is 2. The van der Waals surface area contributed by atoms with Crippen molar-refractivity contribution in [3.8, 4) is 0 Å². The van der Waals surface area contributed by atoms with E-state index in [1.54, 1.807) is 0 Å². The summed E-state index contributed by atoms with van der Waals surface area (Å²) in [6, 6.07) is 0. The molecular formula is C15H30N2O2. The minimum Gasteiger partial charge on any atom is -0.356 e. The summed E-state index contributed by atoms with van der Waals surface area (Å²) in [7, 11) is 0. The maximum absolute atomic E-state index is 11.5. The number of hydrogen-bond donors (Lipinski definition) is 2. The fourth-order valence-corrected chi connectivity index (χ4v) is 1.75. The zero-order valence-electron chi connectivity index (χ0n) is 12.9. The number of hydrogen-bond acceptors (Lipinski definition) is 2. The van der Waals surface area contributed by atoms with E-state index in [4.69, 9.17) is 0 Å². The predicted molar refractivity (Wildman–Crippen MR) is 78.8 cm³/mol. The highest BCUT2D eigenvalue weighted by Gasteiger charge is 2.05. The van der Waals surface area contributed by atoms with Crippen molar-refractivity contribution in [2.75, 3.05) is 13.1 Å². The Balaban J connectivity index is 3.41. The first-order valence-electron chi connectivity index (χ1n) is 7.45. The zero-order chi connectivity index (χ0) is 14.7. The highest BCUT2D eigenvalue weighted by atomic mass is 16.2. The van der Waals surface area contributed by atoms with Gasteiger partial charge in [0.05, 0.1) is 0 Å². The molecule has 0 saturated heterocycles. The van der Waals surface area contributed by atoms with E-state index in [2.05, 4.69) is 24.5 Å². The molecule has 0 aromatic rings. The van der Waals surface area contributed by atoms with Gasteiger partial charge >= 0.3 is 0 Å². The molecule has 0 spiro atoms. The number of carbonyl (C=O) groups excluding carboxylic acids is 2. The minimum absolute atomic E-state index is 0.0762. The molecule has 0 atom stereocenters. The van der Waals surface area contributed by atoms with Gasteiger partial charge in [0.15, 0.2) is 0 Å². The Bertz CT molecular complexity index is 263. The highest BCUT2D eigenvalue weighted by molar-refractivity contribution is 5.77. The summed E-state index contributed by atoms with van der Waals surface area (Å²) in [6.07, 6.45) is 3.94. The van der Waals surface area contributed by atoms with Gasteiger partial charge in [-0.3, -0.25) is 9.59 Å². The molecule has 19 heavy (non-hydrogen) atoms. The Kier molecular flexibility index (Phi) is 10.2. The van der Waals surface area contributed by atoms with Gasteiger partial charge in [0.1, 0.15) is 0 Å². The van der Waals surface area contributed by atoms with Crippen molar-refractivity contribution in [2.45, 2.75) is 59.8 Å². The first-order chi connectivity index (χ1) is 8.91. The SMILES string of the molecule is CC(C)CCCNC(=O)CCCNC(=O)CC(C)C. The van der Waals surface area contributed by atoms with Gasteiger partial charge in [-0.25, -0.2) is 0 Å². The first-order valence-corrected chi connectivity index (χ1v) is 7.45. The third kappa shape index (κ3) is 13.2. The van der Waals surface area contributed by atoms with E-state index < -0.39 is 0 Å². The van der Waals surface area contributed by atoms with Crippen LogP contribution in [0.2, 0.25) is 0 Å². The largest absolute Gasteiger partial charge is 0.356 e. The van der Waals surface area contributed by atoms with Gasteiger partial charge in [-0.1, -0.05) is 27.7 Å². The highest BCUT2D eigenvalue weighted by Crippen LogP contribution is 2.02. The molecule has 0 aliphatic heterocycles. The summed E-state index contributed by atoms with van der Waals surface area (Å²) in [6.45, 7) is 9.75. The van der Waals surface area contributed by atoms with Gasteiger partial charge in [0.25, 0.3) is 0 Å². The van der Waals surface area contributed by atoms with Crippen molar-refractivity contribution >= 4 is 11.8 Å². The molecule has 0 bridgehead atoms. The van der Waals surface area contributed by atoms with Crippen molar-refractivity contribution in [2.24, 2.45) is 11.8 Å². The molecule has 2 N–H and O–H groups in total. The second kappa shape index (κ2) is 10.8. The average Bonchev–Trinajstić information content (AvgIpc) is 2.29. The topological polar surface area (TPSA) is 58.2 Å². The van der Waals surface area contributed by atoms with Gasteiger partial charge < -0.3 is 10.6 Å². The van der Waals surface area contributed by atoms with Crippen molar-refractivity contribution in [1.82, 2.24) is 10.6 Å². The molecule has 0 aliphatic carbocycles. The van der Waals surface area contributed by atoms with Gasteiger partial charge in [-0.05, 0) is 31.1 Å². The molecule has 112 valence electrons. The molecule has 0 saturated carbocycles. The van der Waals surface area contributed by atoms with E-state index in [-0.39, 0.29) is 11.8 Å². The van der Waals surface area contributed by atoms with Gasteiger partial charge in [-0.15, -0.1) is 0 Å². The third-order valence-corrected chi connectivity index (χ3v) is 2.78. The van der Waals surface area contributed by atoms with Gasteiger partial charge in [-0.2, -0.15) is 0 Å². The van der Waals surface area contributed by atoms with Crippen LogP contribution in [-0.4, -0.2) is 24.9 Å². The summed E-state index contributed by atoms with van der Waals surface area (Å²) >= 11 is 0. The van der Waals surface area contributed by atoms with E-state index in [1.165, 1.54) is 0 Å². The molecule has 2 amide bonds. The lowest BCUT2D eigenvalue weighted by Crippen LogP contribution is -2.28. The molecule has 0 aliphatic rings. The molecule has 0 fully saturated rings. The maximum Gasteiger partial charge on any atom is 0.220 e. The van der Waals surface area contributed by atoms with Crippen LogP contribution in [0.25, 0.3) is 0 Å². The van der Waals surface area contributed by atoms with Crippen LogP contribution in [0.3, 0.4) is 0 Å². The third-order valence-electron chi connectivity index (χ3n) is 2.78. The monoisotopic (exact) mass is 270 g/mol. The van der Waals surface area contributed by atoms with E-state index in [0.29, 0.717) is 37.6 Å².